The summed E-state index contributed by atoms with van der Waals surface area (Å²) in [4.78, 5) is 23.3. The van der Waals surface area contributed by atoms with Gasteiger partial charge in [-0.3, -0.25) is 4.79 Å². The lowest BCUT2D eigenvalue weighted by Crippen LogP contribution is -2.36. The van der Waals surface area contributed by atoms with Crippen molar-refractivity contribution < 1.29 is 9.59 Å². The van der Waals surface area contributed by atoms with Gasteiger partial charge < -0.3 is 16.0 Å². The molecular formula is C18H22N4O2S. The van der Waals surface area contributed by atoms with Crippen LogP contribution in [0.4, 0.5) is 4.79 Å². The minimum absolute atomic E-state index is 0.0529. The van der Waals surface area contributed by atoms with Gasteiger partial charge in [-0.05, 0) is 30.5 Å². The molecule has 2 saturated heterocycles. The van der Waals surface area contributed by atoms with Crippen molar-refractivity contribution in [2.24, 2.45) is 0 Å². The van der Waals surface area contributed by atoms with E-state index in [1.165, 1.54) is 0 Å². The summed E-state index contributed by atoms with van der Waals surface area (Å²) < 4.78 is 0. The summed E-state index contributed by atoms with van der Waals surface area (Å²) in [6, 6.07) is 9.75. The molecule has 0 bridgehead atoms. The average Bonchev–Trinajstić information content (AvgIpc) is 3.17. The number of nitrogens with one attached hydrogen (secondary N) is 3. The predicted octanol–water partition coefficient (Wildman–Crippen LogP) is 1.90. The first-order valence-electron chi connectivity index (χ1n) is 8.60. The van der Waals surface area contributed by atoms with E-state index in [0.717, 1.165) is 30.6 Å². The molecule has 3 atom stereocenters. The third-order valence-corrected chi connectivity index (χ3v) is 6.16. The Balaban J connectivity index is 1.30. The Morgan fingerprint density at radius 3 is 2.84 bits per heavy atom. The largest absolute Gasteiger partial charge is 0.352 e. The summed E-state index contributed by atoms with van der Waals surface area (Å²) in [6.45, 7) is 0.491. The van der Waals surface area contributed by atoms with Crippen LogP contribution >= 0.6 is 11.8 Å². The van der Waals surface area contributed by atoms with Crippen molar-refractivity contribution in [3.8, 4) is 6.07 Å². The quantitative estimate of drug-likeness (QED) is 0.512. The third-order valence-electron chi connectivity index (χ3n) is 4.65. The Labute approximate surface area is 151 Å². The molecule has 0 aliphatic carbocycles. The molecule has 0 unspecified atom stereocenters. The topological polar surface area (TPSA) is 94.0 Å². The molecule has 2 aliphatic heterocycles. The molecule has 2 heterocycles. The normalized spacial score (nSPS) is 24.1. The maximum absolute atomic E-state index is 11.9. The number of carbonyl (C=O) groups is 2. The van der Waals surface area contributed by atoms with Crippen LogP contribution in [0.2, 0.25) is 0 Å². The fourth-order valence-corrected chi connectivity index (χ4v) is 4.80. The fourth-order valence-electron chi connectivity index (χ4n) is 3.26. The van der Waals surface area contributed by atoms with E-state index in [9.17, 15) is 9.59 Å². The number of hydrogen-bond acceptors (Lipinski definition) is 4. The number of nitrogens with zero attached hydrogens (tertiary/aromatic N) is 1. The van der Waals surface area contributed by atoms with E-state index in [4.69, 9.17) is 5.26 Å². The Kier molecular flexibility index (Phi) is 5.82. The van der Waals surface area contributed by atoms with Crippen molar-refractivity contribution in [3.05, 3.63) is 35.4 Å². The first-order valence-corrected chi connectivity index (χ1v) is 9.65. The lowest BCUT2D eigenvalue weighted by molar-refractivity contribution is -0.121. The zero-order valence-corrected chi connectivity index (χ0v) is 14.8. The number of rotatable bonds is 7. The van der Waals surface area contributed by atoms with Crippen LogP contribution in [0.3, 0.4) is 0 Å². The van der Waals surface area contributed by atoms with Crippen LogP contribution in [0.15, 0.2) is 24.3 Å². The minimum atomic E-state index is -0.0533. The summed E-state index contributed by atoms with van der Waals surface area (Å²) in [5.41, 5.74) is 1.61. The van der Waals surface area contributed by atoms with Crippen molar-refractivity contribution in [3.63, 3.8) is 0 Å². The second-order valence-electron chi connectivity index (χ2n) is 6.45. The van der Waals surface area contributed by atoms with Crippen molar-refractivity contribution in [2.75, 3.05) is 5.75 Å². The van der Waals surface area contributed by atoms with E-state index in [2.05, 4.69) is 22.0 Å². The van der Waals surface area contributed by atoms with Gasteiger partial charge >= 0.3 is 6.03 Å². The van der Waals surface area contributed by atoms with Gasteiger partial charge in [-0.15, -0.1) is 0 Å². The Hall–Kier alpha value is -2.20. The van der Waals surface area contributed by atoms with Gasteiger partial charge in [0.2, 0.25) is 5.91 Å². The van der Waals surface area contributed by atoms with Gasteiger partial charge in [0.1, 0.15) is 0 Å². The number of hydrogen-bond donors (Lipinski definition) is 3. The van der Waals surface area contributed by atoms with Gasteiger partial charge in [0.05, 0.1) is 23.7 Å². The molecule has 3 rings (SSSR count). The SMILES string of the molecule is N#Cc1ccc(CNC(=O)CCCC[C@@H]2SC[C@@H]3NC(=O)N[C@@H]32)cc1. The van der Waals surface area contributed by atoms with Crippen LogP contribution in [0.5, 0.6) is 0 Å². The van der Waals surface area contributed by atoms with Gasteiger partial charge in [-0.25, -0.2) is 4.79 Å². The second kappa shape index (κ2) is 8.26. The highest BCUT2D eigenvalue weighted by atomic mass is 32.2. The van der Waals surface area contributed by atoms with E-state index < -0.39 is 0 Å². The maximum Gasteiger partial charge on any atom is 0.315 e. The Morgan fingerprint density at radius 2 is 2.08 bits per heavy atom. The zero-order valence-electron chi connectivity index (χ0n) is 14.0. The number of unbranched alkanes of at least 4 members (excludes halogenated alkanes) is 1. The molecule has 0 spiro atoms. The molecular weight excluding hydrogens is 336 g/mol. The molecule has 0 saturated carbocycles. The van der Waals surface area contributed by atoms with Crippen molar-refractivity contribution in [1.29, 1.82) is 5.26 Å². The van der Waals surface area contributed by atoms with Crippen LogP contribution in [-0.4, -0.2) is 35.0 Å². The van der Waals surface area contributed by atoms with Gasteiger partial charge in [0, 0.05) is 24.0 Å². The Morgan fingerprint density at radius 1 is 1.28 bits per heavy atom. The van der Waals surface area contributed by atoms with Crippen LogP contribution < -0.4 is 16.0 Å². The van der Waals surface area contributed by atoms with Gasteiger partial charge in [0.15, 0.2) is 0 Å². The number of nitriles is 1. The smallest absolute Gasteiger partial charge is 0.315 e. The molecule has 132 valence electrons. The molecule has 3 amide bonds. The van der Waals surface area contributed by atoms with Crippen molar-refractivity contribution >= 4 is 23.7 Å². The summed E-state index contributed by atoms with van der Waals surface area (Å²) in [6.07, 6.45) is 3.39. The zero-order chi connectivity index (χ0) is 17.6. The van der Waals surface area contributed by atoms with E-state index in [1.807, 2.05) is 23.9 Å². The molecule has 2 aliphatic rings. The predicted molar refractivity (Wildman–Crippen MR) is 97.0 cm³/mol. The lowest BCUT2D eigenvalue weighted by Gasteiger charge is -2.16. The van der Waals surface area contributed by atoms with E-state index >= 15 is 0 Å². The van der Waals surface area contributed by atoms with Crippen LogP contribution in [0.25, 0.3) is 0 Å². The second-order valence-corrected chi connectivity index (χ2v) is 7.73. The van der Waals surface area contributed by atoms with E-state index in [1.54, 1.807) is 12.1 Å². The third kappa shape index (κ3) is 4.67. The monoisotopic (exact) mass is 358 g/mol. The number of fused-ring (bicyclic) bond motifs is 1. The van der Waals surface area contributed by atoms with Crippen LogP contribution in [-0.2, 0) is 11.3 Å². The first-order chi connectivity index (χ1) is 12.2. The van der Waals surface area contributed by atoms with Crippen LogP contribution in [0, 0.1) is 11.3 Å². The standard InChI is InChI=1S/C18H22N4O2S/c19-9-12-5-7-13(8-6-12)10-20-16(23)4-2-1-3-15-17-14(11-25-15)21-18(24)22-17/h5-8,14-15,17H,1-4,10-11H2,(H,20,23)(H2,21,22,24)/t14-,15-,17-/m0/s1. The van der Waals surface area contributed by atoms with Gasteiger partial charge in [0.25, 0.3) is 0 Å². The van der Waals surface area contributed by atoms with Crippen LogP contribution in [0.1, 0.15) is 36.8 Å². The number of carbonyl (C=O) groups excluding carboxylic acids is 2. The molecule has 3 N–H and O–H groups in total. The molecule has 1 aromatic rings. The summed E-state index contributed by atoms with van der Waals surface area (Å²) >= 11 is 1.91. The molecule has 6 nitrogen and oxygen atoms in total. The highest BCUT2D eigenvalue weighted by Gasteiger charge is 2.42. The average molecular weight is 358 g/mol. The molecule has 1 aromatic carbocycles. The number of benzene rings is 1. The number of thioether (sulfide) groups is 1. The molecule has 2 fully saturated rings. The molecule has 0 radical (unpaired) electrons. The minimum Gasteiger partial charge on any atom is -0.352 e. The van der Waals surface area contributed by atoms with E-state index in [-0.39, 0.29) is 24.0 Å². The van der Waals surface area contributed by atoms with Crippen molar-refractivity contribution in [1.82, 2.24) is 16.0 Å². The fraction of sp³-hybridized carbons (Fsp3) is 0.500. The number of amides is 3. The molecule has 7 heteroatoms. The Bertz CT molecular complexity index is 671. The van der Waals surface area contributed by atoms with E-state index in [0.29, 0.717) is 23.8 Å². The number of urea groups is 1. The first kappa shape index (κ1) is 17.6. The summed E-state index contributed by atoms with van der Waals surface area (Å²) in [5.74, 6) is 1.02. The lowest BCUT2D eigenvalue weighted by atomic mass is 10.0. The summed E-state index contributed by atoms with van der Waals surface area (Å²) in [5, 5.41) is 18.1. The molecule has 25 heavy (non-hydrogen) atoms. The summed E-state index contributed by atoms with van der Waals surface area (Å²) in [7, 11) is 0. The van der Waals surface area contributed by atoms with Gasteiger partial charge in [-0.2, -0.15) is 17.0 Å². The van der Waals surface area contributed by atoms with Gasteiger partial charge in [-0.1, -0.05) is 18.6 Å². The maximum atomic E-state index is 11.9. The highest BCUT2D eigenvalue weighted by molar-refractivity contribution is 8.00. The van der Waals surface area contributed by atoms with Crippen molar-refractivity contribution in [2.45, 2.75) is 49.6 Å². The highest BCUT2D eigenvalue weighted by Crippen LogP contribution is 2.33. The molecule has 0 aromatic heterocycles.